The number of aliphatic carboxylic acids is 1. The summed E-state index contributed by atoms with van der Waals surface area (Å²) in [6.45, 7) is 4.87. The minimum atomic E-state index is -1.34. The van der Waals surface area contributed by atoms with Crippen LogP contribution in [0.4, 0.5) is 20.4 Å². The zero-order valence-electron chi connectivity index (χ0n) is 22.6. The Bertz CT molecular complexity index is 1920. The van der Waals surface area contributed by atoms with E-state index in [9.17, 15) is 23.5 Å². The number of hydrogen-bond donors (Lipinski definition) is 3. The van der Waals surface area contributed by atoms with Crippen LogP contribution in [0.3, 0.4) is 0 Å². The van der Waals surface area contributed by atoms with Crippen LogP contribution in [-0.2, 0) is 28.0 Å². The molecule has 11 nitrogen and oxygen atoms in total. The molecule has 1 aliphatic heterocycles. The number of halogens is 2. The molecule has 0 spiro atoms. The summed E-state index contributed by atoms with van der Waals surface area (Å²) in [6, 6.07) is 7.44. The zero-order chi connectivity index (χ0) is 30.0. The Kier molecular flexibility index (Phi) is 6.26. The number of fused-ring (bicyclic) bond motifs is 2. The van der Waals surface area contributed by atoms with E-state index in [0.29, 0.717) is 21.8 Å². The monoisotopic (exact) mass is 590 g/mol. The molecule has 214 valence electrons. The summed E-state index contributed by atoms with van der Waals surface area (Å²) >= 11 is 1.21. The molecule has 0 bridgehead atoms. The molecule has 4 N–H and O–H groups in total. The van der Waals surface area contributed by atoms with Gasteiger partial charge in [0.1, 0.15) is 39.4 Å². The van der Waals surface area contributed by atoms with E-state index < -0.39 is 34.3 Å². The lowest BCUT2D eigenvalue weighted by atomic mass is 9.85. The van der Waals surface area contributed by atoms with Gasteiger partial charge in [0.2, 0.25) is 5.91 Å². The number of pyridine rings is 1. The number of thiazole rings is 1. The van der Waals surface area contributed by atoms with Gasteiger partial charge in [0, 0.05) is 17.4 Å². The first kappa shape index (κ1) is 27.3. The lowest BCUT2D eigenvalue weighted by Gasteiger charge is -2.20. The molecule has 1 aromatic carbocycles. The fourth-order valence-electron chi connectivity index (χ4n) is 4.96. The lowest BCUT2D eigenvalue weighted by molar-refractivity contribution is -0.146. The van der Waals surface area contributed by atoms with Crippen molar-refractivity contribution in [1.29, 1.82) is 0 Å². The minimum absolute atomic E-state index is 0.0142. The molecule has 5 aromatic rings. The number of carboxylic acid groups (broad SMARTS) is 1. The molecule has 5 heterocycles. The van der Waals surface area contributed by atoms with Crippen molar-refractivity contribution in [3.05, 3.63) is 75.4 Å². The second kappa shape index (κ2) is 9.62. The minimum Gasteiger partial charge on any atom is -0.481 e. The number of nitrogens with one attached hydrogen (secondary N) is 1. The topological polar surface area (TPSA) is 162 Å². The van der Waals surface area contributed by atoms with Gasteiger partial charge in [0.15, 0.2) is 11.5 Å². The highest BCUT2D eigenvalue weighted by molar-refractivity contribution is 7.10. The number of aromatic nitrogens is 6. The van der Waals surface area contributed by atoms with Crippen molar-refractivity contribution in [3.63, 3.8) is 0 Å². The van der Waals surface area contributed by atoms with Gasteiger partial charge in [-0.1, -0.05) is 18.2 Å². The molecular weight excluding hydrogens is 566 g/mol. The first-order valence-electron chi connectivity index (χ1n) is 12.8. The maximum atomic E-state index is 14.4. The SMILES string of the molecule is CC(C)(Cc1csc([C@@]2(C)C(=O)Nc3nc(-c4nn(Cc5ccccc5F)c5ncc(F)cc45)nc(N)c32)n1)C(=O)O. The summed E-state index contributed by atoms with van der Waals surface area (Å²) < 4.78 is 30.1. The molecule has 14 heteroatoms. The van der Waals surface area contributed by atoms with Gasteiger partial charge in [-0.15, -0.1) is 11.3 Å². The number of carbonyl (C=O) groups is 2. The summed E-state index contributed by atoms with van der Waals surface area (Å²) in [5.41, 5.74) is 5.68. The summed E-state index contributed by atoms with van der Waals surface area (Å²) in [4.78, 5) is 42.7. The number of carbonyl (C=O) groups excluding carboxylic acids is 1. The highest BCUT2D eigenvalue weighted by atomic mass is 32.1. The van der Waals surface area contributed by atoms with Gasteiger partial charge in [-0.2, -0.15) is 5.10 Å². The number of hydrogen-bond acceptors (Lipinski definition) is 9. The average Bonchev–Trinajstić information content (AvgIpc) is 3.60. The van der Waals surface area contributed by atoms with E-state index in [1.165, 1.54) is 28.2 Å². The Morgan fingerprint density at radius 1 is 1.21 bits per heavy atom. The van der Waals surface area contributed by atoms with Crippen molar-refractivity contribution in [3.8, 4) is 11.5 Å². The molecule has 0 aliphatic carbocycles. The third-order valence-corrected chi connectivity index (χ3v) is 8.46. The predicted molar refractivity (Wildman–Crippen MR) is 151 cm³/mol. The highest BCUT2D eigenvalue weighted by Crippen LogP contribution is 2.46. The highest BCUT2D eigenvalue weighted by Gasteiger charge is 2.50. The van der Waals surface area contributed by atoms with Crippen LogP contribution >= 0.6 is 11.3 Å². The van der Waals surface area contributed by atoms with Gasteiger partial charge in [-0.3, -0.25) is 9.59 Å². The molecule has 42 heavy (non-hydrogen) atoms. The molecule has 0 radical (unpaired) electrons. The summed E-state index contributed by atoms with van der Waals surface area (Å²) in [5, 5.41) is 19.2. The van der Waals surface area contributed by atoms with E-state index in [-0.39, 0.29) is 47.2 Å². The van der Waals surface area contributed by atoms with Crippen LogP contribution in [0.2, 0.25) is 0 Å². The number of anilines is 2. The fourth-order valence-corrected chi connectivity index (χ4v) is 5.95. The van der Waals surface area contributed by atoms with Gasteiger partial charge in [-0.25, -0.2) is 33.4 Å². The molecular formula is C28H24F2N8O3S. The van der Waals surface area contributed by atoms with Crippen LogP contribution in [-0.4, -0.2) is 46.7 Å². The van der Waals surface area contributed by atoms with Crippen molar-refractivity contribution in [1.82, 2.24) is 29.7 Å². The molecule has 1 atom stereocenters. The Morgan fingerprint density at radius 2 is 1.98 bits per heavy atom. The number of benzene rings is 1. The fraction of sp³-hybridized carbons (Fsp3) is 0.250. The smallest absolute Gasteiger partial charge is 0.309 e. The van der Waals surface area contributed by atoms with Crippen LogP contribution in [0, 0.1) is 17.0 Å². The molecule has 0 unspecified atom stereocenters. The van der Waals surface area contributed by atoms with Crippen molar-refractivity contribution in [2.75, 3.05) is 11.1 Å². The maximum absolute atomic E-state index is 14.4. The van der Waals surface area contributed by atoms with Gasteiger partial charge in [0.25, 0.3) is 0 Å². The average molecular weight is 591 g/mol. The molecule has 6 rings (SSSR count). The van der Waals surface area contributed by atoms with Gasteiger partial charge >= 0.3 is 5.97 Å². The summed E-state index contributed by atoms with van der Waals surface area (Å²) in [6.07, 6.45) is 1.20. The normalized spacial score (nSPS) is 16.5. The van der Waals surface area contributed by atoms with Crippen LogP contribution in [0.1, 0.15) is 42.6 Å². The second-order valence-corrected chi connectivity index (χ2v) is 11.7. The van der Waals surface area contributed by atoms with Crippen LogP contribution in [0.25, 0.3) is 22.6 Å². The third-order valence-electron chi connectivity index (χ3n) is 7.35. The van der Waals surface area contributed by atoms with E-state index in [4.69, 9.17) is 5.73 Å². The quantitative estimate of drug-likeness (QED) is 0.253. The zero-order valence-corrected chi connectivity index (χ0v) is 23.5. The predicted octanol–water partition coefficient (Wildman–Crippen LogP) is 4.16. The Labute approximate surface area is 241 Å². The molecule has 0 saturated heterocycles. The number of nitrogens with zero attached hydrogens (tertiary/aromatic N) is 6. The first-order chi connectivity index (χ1) is 19.9. The Hall–Kier alpha value is -4.85. The number of carboxylic acids is 1. The van der Waals surface area contributed by atoms with Gasteiger partial charge in [-0.05, 0) is 32.9 Å². The Balaban J connectivity index is 1.42. The van der Waals surface area contributed by atoms with Crippen molar-refractivity contribution in [2.45, 2.75) is 39.2 Å². The molecule has 1 aliphatic rings. The standard InChI is InChI=1S/C28H24F2N8O3S/c1-27(2,26(40)41)9-15-12-42-25(33-15)28(3)18-20(31)34-22(35-21(18)36-24(28)39)19-16-8-14(29)10-32-23(16)38(37-19)11-13-6-4-5-7-17(13)30/h4-8,10,12H,9,11H2,1-3H3,(H,40,41)(H3,31,34,35,36,39)/t28-/m1/s1. The third kappa shape index (κ3) is 4.34. The van der Waals surface area contributed by atoms with Gasteiger partial charge in [0.05, 0.1) is 34.8 Å². The second-order valence-electron chi connectivity index (χ2n) is 10.9. The number of nitrogen functional groups attached to an aromatic ring is 1. The van der Waals surface area contributed by atoms with E-state index >= 15 is 0 Å². The lowest BCUT2D eigenvalue weighted by Crippen LogP contribution is -2.33. The molecule has 0 fully saturated rings. The van der Waals surface area contributed by atoms with E-state index in [2.05, 4.69) is 30.4 Å². The largest absolute Gasteiger partial charge is 0.481 e. The van der Waals surface area contributed by atoms with Crippen molar-refractivity contribution in [2.24, 2.45) is 5.41 Å². The number of rotatable bonds is 7. The summed E-state index contributed by atoms with van der Waals surface area (Å²) in [5.74, 6) is -2.29. The van der Waals surface area contributed by atoms with E-state index in [0.717, 1.165) is 6.20 Å². The summed E-state index contributed by atoms with van der Waals surface area (Å²) in [7, 11) is 0. The van der Waals surface area contributed by atoms with E-state index in [1.807, 2.05) is 0 Å². The van der Waals surface area contributed by atoms with E-state index in [1.54, 1.807) is 44.4 Å². The molecule has 1 amide bonds. The van der Waals surface area contributed by atoms with Crippen LogP contribution in [0.15, 0.2) is 41.9 Å². The van der Waals surface area contributed by atoms with Crippen LogP contribution in [0.5, 0.6) is 0 Å². The van der Waals surface area contributed by atoms with Crippen molar-refractivity contribution < 1.29 is 23.5 Å². The number of amides is 1. The van der Waals surface area contributed by atoms with Crippen molar-refractivity contribution >= 4 is 45.9 Å². The molecule has 4 aromatic heterocycles. The van der Waals surface area contributed by atoms with Gasteiger partial charge < -0.3 is 16.2 Å². The first-order valence-corrected chi connectivity index (χ1v) is 13.7. The van der Waals surface area contributed by atoms with Crippen LogP contribution < -0.4 is 11.1 Å². The number of nitrogens with two attached hydrogens (primary N) is 1. The Morgan fingerprint density at radius 3 is 2.71 bits per heavy atom. The maximum Gasteiger partial charge on any atom is 0.309 e. The molecule has 0 saturated carbocycles.